The van der Waals surface area contributed by atoms with Crippen LogP contribution < -0.4 is 15.5 Å². The maximum atomic E-state index is 4.65. The van der Waals surface area contributed by atoms with E-state index in [0.29, 0.717) is 0 Å². The number of anilines is 1. The van der Waals surface area contributed by atoms with Gasteiger partial charge >= 0.3 is 0 Å². The molecule has 22 heavy (non-hydrogen) atoms. The number of rotatable bonds is 6. The van der Waals surface area contributed by atoms with Crippen molar-refractivity contribution >= 4 is 11.6 Å². The minimum atomic E-state index is 0.798. The largest absolute Gasteiger partial charge is 0.371 e. The quantitative estimate of drug-likeness (QED) is 0.625. The van der Waals surface area contributed by atoms with Crippen LogP contribution in [-0.2, 0) is 0 Å². The molecule has 1 aliphatic rings. The predicted molar refractivity (Wildman–Crippen MR) is 93.4 cm³/mol. The Morgan fingerprint density at radius 2 is 1.82 bits per heavy atom. The fourth-order valence-electron chi connectivity index (χ4n) is 2.90. The summed E-state index contributed by atoms with van der Waals surface area (Å²) in [5.74, 6) is 1.74. The third-order valence-electron chi connectivity index (χ3n) is 4.14. The molecule has 0 aliphatic carbocycles. The summed E-state index contributed by atoms with van der Waals surface area (Å²) in [6.07, 6.45) is 7.45. The molecule has 0 amide bonds. The molecule has 1 aromatic heterocycles. The van der Waals surface area contributed by atoms with Gasteiger partial charge in [-0.1, -0.05) is 0 Å². The maximum Gasteiger partial charge on any atom is 0.191 e. The minimum absolute atomic E-state index is 0.798. The van der Waals surface area contributed by atoms with Gasteiger partial charge in [0.05, 0.1) is 0 Å². The molecule has 0 atom stereocenters. The third kappa shape index (κ3) is 5.20. The summed E-state index contributed by atoms with van der Waals surface area (Å²) in [5.41, 5.74) is 1.30. The van der Waals surface area contributed by atoms with Crippen LogP contribution in [0.1, 0.15) is 33.1 Å². The molecular formula is C17H29N5. The number of hydrogen-bond acceptors (Lipinski definition) is 3. The molecule has 2 heterocycles. The van der Waals surface area contributed by atoms with Gasteiger partial charge in [-0.2, -0.15) is 0 Å². The molecule has 1 aromatic rings. The number of piperidine rings is 1. The molecule has 0 radical (unpaired) electrons. The second-order valence-electron chi connectivity index (χ2n) is 5.72. The topological polar surface area (TPSA) is 52.6 Å². The van der Waals surface area contributed by atoms with E-state index in [9.17, 15) is 0 Å². The summed E-state index contributed by atoms with van der Waals surface area (Å²) in [6, 6.07) is 4.20. The van der Waals surface area contributed by atoms with Gasteiger partial charge in [-0.15, -0.1) is 0 Å². The monoisotopic (exact) mass is 303 g/mol. The Bertz CT molecular complexity index is 430. The van der Waals surface area contributed by atoms with Crippen LogP contribution in [0.4, 0.5) is 5.69 Å². The zero-order valence-corrected chi connectivity index (χ0v) is 13.9. The Labute approximate surface area is 134 Å². The van der Waals surface area contributed by atoms with Crippen molar-refractivity contribution in [3.63, 3.8) is 0 Å². The van der Waals surface area contributed by atoms with Crippen molar-refractivity contribution in [1.82, 2.24) is 15.6 Å². The van der Waals surface area contributed by atoms with Crippen molar-refractivity contribution in [1.29, 1.82) is 0 Å². The van der Waals surface area contributed by atoms with Gasteiger partial charge < -0.3 is 15.5 Å². The molecule has 0 spiro atoms. The van der Waals surface area contributed by atoms with Crippen molar-refractivity contribution in [2.45, 2.75) is 33.1 Å². The number of nitrogens with one attached hydrogen (secondary N) is 2. The lowest BCUT2D eigenvalue weighted by Gasteiger charge is -2.33. The molecular weight excluding hydrogens is 274 g/mol. The zero-order valence-electron chi connectivity index (χ0n) is 13.9. The summed E-state index contributed by atoms with van der Waals surface area (Å²) in [6.45, 7) is 9.22. The molecule has 5 heteroatoms. The molecule has 0 aromatic carbocycles. The van der Waals surface area contributed by atoms with Crippen molar-refractivity contribution in [3.05, 3.63) is 24.5 Å². The normalized spacial score (nSPS) is 15.5. The first-order chi connectivity index (χ1) is 10.8. The van der Waals surface area contributed by atoms with Crippen molar-refractivity contribution in [2.24, 2.45) is 10.9 Å². The second kappa shape index (κ2) is 9.28. The molecule has 0 saturated carbocycles. The first-order valence-corrected chi connectivity index (χ1v) is 8.50. The van der Waals surface area contributed by atoms with Gasteiger partial charge in [-0.3, -0.25) is 9.98 Å². The summed E-state index contributed by atoms with van der Waals surface area (Å²) in [4.78, 5) is 11.2. The SMILES string of the molecule is CCNC(=NCCC1CCN(c2ccncc2)CC1)NCC. The number of hydrogen-bond donors (Lipinski definition) is 2. The van der Waals surface area contributed by atoms with Gasteiger partial charge in [0, 0.05) is 50.8 Å². The average molecular weight is 303 g/mol. The third-order valence-corrected chi connectivity index (χ3v) is 4.14. The summed E-state index contributed by atoms with van der Waals surface area (Å²) in [7, 11) is 0. The number of aromatic nitrogens is 1. The van der Waals surface area contributed by atoms with Crippen LogP contribution in [0.15, 0.2) is 29.5 Å². The van der Waals surface area contributed by atoms with Crippen molar-refractivity contribution < 1.29 is 0 Å². The molecule has 5 nitrogen and oxygen atoms in total. The minimum Gasteiger partial charge on any atom is -0.371 e. The standard InChI is InChI=1S/C17H29N5/c1-3-19-17(20-4-2)21-12-5-15-8-13-22(14-9-15)16-6-10-18-11-7-16/h6-7,10-11,15H,3-5,8-9,12-14H2,1-2H3,(H2,19,20,21). The maximum absolute atomic E-state index is 4.65. The van der Waals surface area contributed by atoms with Crippen LogP contribution in [0.2, 0.25) is 0 Å². The lowest BCUT2D eigenvalue weighted by molar-refractivity contribution is 0.386. The number of nitrogens with zero attached hydrogens (tertiary/aromatic N) is 3. The smallest absolute Gasteiger partial charge is 0.191 e. The molecule has 2 N–H and O–H groups in total. The molecule has 122 valence electrons. The second-order valence-corrected chi connectivity index (χ2v) is 5.72. The van der Waals surface area contributed by atoms with Crippen LogP contribution in [0.25, 0.3) is 0 Å². The van der Waals surface area contributed by atoms with Gasteiger partial charge in [-0.05, 0) is 51.2 Å². The Morgan fingerprint density at radius 1 is 1.18 bits per heavy atom. The van der Waals surface area contributed by atoms with Gasteiger partial charge in [-0.25, -0.2) is 0 Å². The first-order valence-electron chi connectivity index (χ1n) is 8.50. The van der Waals surface area contributed by atoms with E-state index < -0.39 is 0 Å². The van der Waals surface area contributed by atoms with Gasteiger partial charge in [0.25, 0.3) is 0 Å². The van der Waals surface area contributed by atoms with E-state index in [4.69, 9.17) is 0 Å². The fourth-order valence-corrected chi connectivity index (χ4v) is 2.90. The highest BCUT2D eigenvalue weighted by Crippen LogP contribution is 2.24. The Kier molecular flexibility index (Phi) is 7.00. The highest BCUT2D eigenvalue weighted by atomic mass is 15.2. The van der Waals surface area contributed by atoms with E-state index in [-0.39, 0.29) is 0 Å². The van der Waals surface area contributed by atoms with Crippen LogP contribution in [0.3, 0.4) is 0 Å². The Balaban J connectivity index is 1.72. The molecule has 1 saturated heterocycles. The van der Waals surface area contributed by atoms with Gasteiger partial charge in [0.15, 0.2) is 5.96 Å². The van der Waals surface area contributed by atoms with E-state index in [1.54, 1.807) is 0 Å². The van der Waals surface area contributed by atoms with Crippen LogP contribution in [0.5, 0.6) is 0 Å². The van der Waals surface area contributed by atoms with E-state index in [0.717, 1.165) is 44.6 Å². The van der Waals surface area contributed by atoms with Crippen molar-refractivity contribution in [2.75, 3.05) is 37.6 Å². The van der Waals surface area contributed by atoms with E-state index in [1.165, 1.54) is 24.9 Å². The zero-order chi connectivity index (χ0) is 15.6. The van der Waals surface area contributed by atoms with E-state index in [1.807, 2.05) is 12.4 Å². The fraction of sp³-hybridized carbons (Fsp3) is 0.647. The van der Waals surface area contributed by atoms with Crippen molar-refractivity contribution in [3.8, 4) is 0 Å². The van der Waals surface area contributed by atoms with E-state index >= 15 is 0 Å². The molecule has 2 rings (SSSR count). The van der Waals surface area contributed by atoms with E-state index in [2.05, 4.69) is 51.5 Å². The Hall–Kier alpha value is -1.78. The summed E-state index contributed by atoms with van der Waals surface area (Å²) < 4.78 is 0. The predicted octanol–water partition coefficient (Wildman–Crippen LogP) is 2.26. The highest BCUT2D eigenvalue weighted by molar-refractivity contribution is 5.79. The number of guanidine groups is 1. The van der Waals surface area contributed by atoms with Crippen LogP contribution in [-0.4, -0.2) is 43.7 Å². The lowest BCUT2D eigenvalue weighted by atomic mass is 9.93. The summed E-state index contributed by atoms with van der Waals surface area (Å²) in [5, 5.41) is 6.55. The van der Waals surface area contributed by atoms with Crippen LogP contribution >= 0.6 is 0 Å². The average Bonchev–Trinajstić information content (AvgIpc) is 2.57. The lowest BCUT2D eigenvalue weighted by Crippen LogP contribution is -2.37. The molecule has 1 fully saturated rings. The van der Waals surface area contributed by atoms with Crippen LogP contribution in [0, 0.1) is 5.92 Å². The molecule has 1 aliphatic heterocycles. The molecule has 0 bridgehead atoms. The summed E-state index contributed by atoms with van der Waals surface area (Å²) >= 11 is 0. The Morgan fingerprint density at radius 3 is 2.41 bits per heavy atom. The van der Waals surface area contributed by atoms with Gasteiger partial charge in [0.2, 0.25) is 0 Å². The highest BCUT2D eigenvalue weighted by Gasteiger charge is 2.18. The number of pyridine rings is 1. The molecule has 0 unspecified atom stereocenters. The van der Waals surface area contributed by atoms with Gasteiger partial charge in [0.1, 0.15) is 0 Å². The first kappa shape index (κ1) is 16.6. The number of aliphatic imine (C=N–C) groups is 1.